The number of nitrogens with zero attached hydrogens (tertiary/aromatic N) is 2. The quantitative estimate of drug-likeness (QED) is 0.795. The van der Waals surface area contributed by atoms with E-state index in [1.165, 1.54) is 0 Å². The summed E-state index contributed by atoms with van der Waals surface area (Å²) in [5.74, 6) is 1.09. The topological polar surface area (TPSA) is 33.2 Å². The SMILES string of the molecule is CC1SCCN1C(=O)c1cncc(Br)c1. The minimum absolute atomic E-state index is 0.0706. The number of carbonyl (C=O) groups excluding carboxylic acids is 1. The second-order valence-electron chi connectivity index (χ2n) is 3.36. The highest BCUT2D eigenvalue weighted by atomic mass is 79.9. The Morgan fingerprint density at radius 2 is 2.47 bits per heavy atom. The molecule has 0 radical (unpaired) electrons. The zero-order valence-electron chi connectivity index (χ0n) is 8.31. The van der Waals surface area contributed by atoms with E-state index in [0.29, 0.717) is 5.56 Å². The lowest BCUT2D eigenvalue weighted by Crippen LogP contribution is -2.33. The predicted octanol–water partition coefficient (Wildman–Crippen LogP) is 2.38. The number of amides is 1. The molecule has 0 aliphatic carbocycles. The third-order valence-electron chi connectivity index (χ3n) is 2.34. The second-order valence-corrected chi connectivity index (χ2v) is 5.70. The smallest absolute Gasteiger partial charge is 0.256 e. The summed E-state index contributed by atoms with van der Waals surface area (Å²) in [6.45, 7) is 2.89. The number of halogens is 1. The van der Waals surface area contributed by atoms with E-state index in [-0.39, 0.29) is 11.3 Å². The molecule has 1 aliphatic heterocycles. The highest BCUT2D eigenvalue weighted by molar-refractivity contribution is 9.10. The molecule has 1 aromatic heterocycles. The van der Waals surface area contributed by atoms with Gasteiger partial charge in [0.2, 0.25) is 0 Å². The first kappa shape index (κ1) is 11.0. The van der Waals surface area contributed by atoms with Crippen molar-refractivity contribution in [2.75, 3.05) is 12.3 Å². The van der Waals surface area contributed by atoms with Gasteiger partial charge < -0.3 is 4.90 Å². The van der Waals surface area contributed by atoms with Gasteiger partial charge in [0.25, 0.3) is 5.91 Å². The molecule has 0 N–H and O–H groups in total. The lowest BCUT2D eigenvalue weighted by Gasteiger charge is -2.20. The minimum Gasteiger partial charge on any atom is -0.326 e. The maximum atomic E-state index is 12.1. The van der Waals surface area contributed by atoms with Crippen LogP contribution in [0, 0.1) is 0 Å². The Hall–Kier alpha value is -0.550. The molecule has 0 bridgehead atoms. The van der Waals surface area contributed by atoms with Crippen LogP contribution in [0.15, 0.2) is 22.9 Å². The number of rotatable bonds is 1. The highest BCUT2D eigenvalue weighted by Gasteiger charge is 2.26. The number of pyridine rings is 1. The molecule has 1 aliphatic rings. The van der Waals surface area contributed by atoms with Gasteiger partial charge in [0, 0.05) is 29.2 Å². The number of aromatic nitrogens is 1. The van der Waals surface area contributed by atoms with Gasteiger partial charge in [0.1, 0.15) is 0 Å². The molecule has 15 heavy (non-hydrogen) atoms. The van der Waals surface area contributed by atoms with Crippen LogP contribution in [0.5, 0.6) is 0 Å². The molecule has 2 rings (SSSR count). The van der Waals surface area contributed by atoms with Crippen LogP contribution in [-0.4, -0.2) is 33.5 Å². The van der Waals surface area contributed by atoms with Crippen molar-refractivity contribution in [2.45, 2.75) is 12.3 Å². The third-order valence-corrected chi connectivity index (χ3v) is 3.93. The molecule has 1 atom stereocenters. The summed E-state index contributed by atoms with van der Waals surface area (Å²) in [4.78, 5) is 17.9. The van der Waals surface area contributed by atoms with Crippen LogP contribution in [0.2, 0.25) is 0 Å². The van der Waals surface area contributed by atoms with Crippen LogP contribution in [0.4, 0.5) is 0 Å². The predicted molar refractivity (Wildman–Crippen MR) is 64.9 cm³/mol. The molecule has 3 nitrogen and oxygen atoms in total. The Labute approximate surface area is 101 Å². The van der Waals surface area contributed by atoms with Gasteiger partial charge >= 0.3 is 0 Å². The molecule has 1 fully saturated rings. The molecule has 1 unspecified atom stereocenters. The fourth-order valence-corrected chi connectivity index (χ4v) is 2.94. The Bertz CT molecular complexity index is 385. The van der Waals surface area contributed by atoms with Gasteiger partial charge in [-0.25, -0.2) is 0 Å². The molecule has 1 amide bonds. The van der Waals surface area contributed by atoms with Crippen molar-refractivity contribution in [3.05, 3.63) is 28.5 Å². The molecule has 0 aromatic carbocycles. The number of thioether (sulfide) groups is 1. The normalized spacial score (nSPS) is 20.7. The monoisotopic (exact) mass is 286 g/mol. The summed E-state index contributed by atoms with van der Waals surface area (Å²) in [7, 11) is 0. The molecule has 0 spiro atoms. The van der Waals surface area contributed by atoms with Gasteiger partial charge in [0.15, 0.2) is 0 Å². The van der Waals surface area contributed by atoms with Crippen LogP contribution in [0.3, 0.4) is 0 Å². The molecular weight excluding hydrogens is 276 g/mol. The molecule has 5 heteroatoms. The zero-order valence-corrected chi connectivity index (χ0v) is 10.7. The first-order chi connectivity index (χ1) is 7.18. The Morgan fingerprint density at radius 1 is 1.67 bits per heavy atom. The lowest BCUT2D eigenvalue weighted by molar-refractivity contribution is 0.0768. The highest BCUT2D eigenvalue weighted by Crippen LogP contribution is 2.25. The number of carbonyl (C=O) groups is 1. The van der Waals surface area contributed by atoms with Crippen molar-refractivity contribution in [3.63, 3.8) is 0 Å². The Morgan fingerprint density at radius 3 is 3.07 bits per heavy atom. The average Bonchev–Trinajstić information content (AvgIpc) is 2.63. The summed E-state index contributed by atoms with van der Waals surface area (Å²) < 4.78 is 0.841. The molecule has 0 saturated carbocycles. The van der Waals surface area contributed by atoms with Gasteiger partial charge in [-0.1, -0.05) is 0 Å². The maximum absolute atomic E-state index is 12.1. The van der Waals surface area contributed by atoms with Crippen molar-refractivity contribution < 1.29 is 4.79 Å². The van der Waals surface area contributed by atoms with E-state index in [1.807, 2.05) is 11.0 Å². The van der Waals surface area contributed by atoms with Crippen molar-refractivity contribution in [1.82, 2.24) is 9.88 Å². The van der Waals surface area contributed by atoms with Crippen molar-refractivity contribution >= 4 is 33.6 Å². The lowest BCUT2D eigenvalue weighted by atomic mass is 10.2. The van der Waals surface area contributed by atoms with Crippen LogP contribution >= 0.6 is 27.7 Å². The maximum Gasteiger partial charge on any atom is 0.256 e. The fourth-order valence-electron chi connectivity index (χ4n) is 1.55. The van der Waals surface area contributed by atoms with Gasteiger partial charge in [-0.2, -0.15) is 0 Å². The summed E-state index contributed by atoms with van der Waals surface area (Å²) in [5.41, 5.74) is 0.652. The first-order valence-electron chi connectivity index (χ1n) is 4.71. The van der Waals surface area contributed by atoms with Crippen LogP contribution in [0.25, 0.3) is 0 Å². The van der Waals surface area contributed by atoms with E-state index in [0.717, 1.165) is 16.8 Å². The van der Waals surface area contributed by atoms with Crippen molar-refractivity contribution in [3.8, 4) is 0 Å². The van der Waals surface area contributed by atoms with Gasteiger partial charge in [-0.15, -0.1) is 11.8 Å². The Kier molecular flexibility index (Phi) is 3.31. The summed E-state index contributed by atoms with van der Waals surface area (Å²) in [6.07, 6.45) is 3.29. The van der Waals surface area contributed by atoms with E-state index >= 15 is 0 Å². The van der Waals surface area contributed by atoms with Crippen molar-refractivity contribution in [2.24, 2.45) is 0 Å². The average molecular weight is 287 g/mol. The Balaban J connectivity index is 2.20. The number of hydrogen-bond donors (Lipinski definition) is 0. The largest absolute Gasteiger partial charge is 0.326 e. The summed E-state index contributed by atoms with van der Waals surface area (Å²) in [5, 5.41) is 0.275. The van der Waals surface area contributed by atoms with E-state index in [9.17, 15) is 4.79 Å². The molecule has 2 heterocycles. The van der Waals surface area contributed by atoms with E-state index in [2.05, 4.69) is 27.8 Å². The van der Waals surface area contributed by atoms with Crippen molar-refractivity contribution in [1.29, 1.82) is 0 Å². The van der Waals surface area contributed by atoms with Crippen LogP contribution in [-0.2, 0) is 0 Å². The molecule has 1 saturated heterocycles. The number of hydrogen-bond acceptors (Lipinski definition) is 3. The standard InChI is InChI=1S/C10H11BrN2OS/c1-7-13(2-3-15-7)10(14)8-4-9(11)6-12-5-8/h4-7H,2-3H2,1H3. The summed E-state index contributed by atoms with van der Waals surface area (Å²) >= 11 is 5.12. The minimum atomic E-state index is 0.0706. The van der Waals surface area contributed by atoms with E-state index in [1.54, 1.807) is 24.2 Å². The van der Waals surface area contributed by atoms with Crippen LogP contribution in [0.1, 0.15) is 17.3 Å². The van der Waals surface area contributed by atoms with Crippen LogP contribution < -0.4 is 0 Å². The van der Waals surface area contributed by atoms with E-state index in [4.69, 9.17) is 0 Å². The van der Waals surface area contributed by atoms with Gasteiger partial charge in [0.05, 0.1) is 10.9 Å². The first-order valence-corrected chi connectivity index (χ1v) is 6.56. The zero-order chi connectivity index (χ0) is 10.8. The molecule has 80 valence electrons. The van der Waals surface area contributed by atoms with Gasteiger partial charge in [-0.05, 0) is 28.9 Å². The third kappa shape index (κ3) is 2.34. The van der Waals surface area contributed by atoms with E-state index < -0.39 is 0 Å². The second kappa shape index (κ2) is 4.53. The molecular formula is C10H11BrN2OS. The summed E-state index contributed by atoms with van der Waals surface area (Å²) in [6, 6.07) is 1.81. The molecule has 1 aromatic rings. The van der Waals surface area contributed by atoms with Gasteiger partial charge in [-0.3, -0.25) is 9.78 Å². The fraction of sp³-hybridized carbons (Fsp3) is 0.400.